The number of carbonyl (C=O) groups is 1. The Kier molecular flexibility index (Phi) is 5.88. The first-order valence-corrected chi connectivity index (χ1v) is 10.8. The van der Waals surface area contributed by atoms with Crippen molar-refractivity contribution in [2.75, 3.05) is 0 Å². The maximum atomic E-state index is 12.4. The van der Waals surface area contributed by atoms with Crippen molar-refractivity contribution in [3.63, 3.8) is 0 Å². The predicted octanol–water partition coefficient (Wildman–Crippen LogP) is 5.17. The largest absolute Gasteiger partial charge is 0.486 e. The zero-order valence-corrected chi connectivity index (χ0v) is 17.9. The molecule has 1 aliphatic rings. The van der Waals surface area contributed by atoms with E-state index in [1.807, 2.05) is 61.1 Å². The van der Waals surface area contributed by atoms with Crippen molar-refractivity contribution in [3.8, 4) is 11.4 Å². The van der Waals surface area contributed by atoms with Crippen LogP contribution in [0.2, 0.25) is 0 Å². The van der Waals surface area contributed by atoms with Gasteiger partial charge in [0, 0.05) is 17.2 Å². The van der Waals surface area contributed by atoms with Crippen LogP contribution in [0.5, 0.6) is 5.75 Å². The van der Waals surface area contributed by atoms with E-state index in [9.17, 15) is 4.79 Å². The lowest BCUT2D eigenvalue weighted by Gasteiger charge is -2.18. The lowest BCUT2D eigenvalue weighted by Crippen LogP contribution is -2.25. The van der Waals surface area contributed by atoms with Gasteiger partial charge in [-0.25, -0.2) is 4.68 Å². The maximum Gasteiger partial charge on any atom is 0.251 e. The molecule has 3 aromatic rings. The summed E-state index contributed by atoms with van der Waals surface area (Å²) in [5, 5.41) is 7.69. The molecule has 1 unspecified atom stereocenters. The van der Waals surface area contributed by atoms with Crippen LogP contribution in [0.1, 0.15) is 66.4 Å². The fraction of sp³-hybridized carbons (Fsp3) is 0.360. The van der Waals surface area contributed by atoms with E-state index in [2.05, 4.69) is 29.5 Å². The van der Waals surface area contributed by atoms with Crippen molar-refractivity contribution in [2.45, 2.75) is 58.6 Å². The van der Waals surface area contributed by atoms with E-state index >= 15 is 0 Å². The highest BCUT2D eigenvalue weighted by Crippen LogP contribution is 2.30. The monoisotopic (exact) mass is 403 g/mol. The molecule has 2 aromatic carbocycles. The minimum Gasteiger partial charge on any atom is -0.486 e. The molecule has 30 heavy (non-hydrogen) atoms. The van der Waals surface area contributed by atoms with Gasteiger partial charge in [0.25, 0.3) is 5.91 Å². The number of hydrogen-bond acceptors (Lipinski definition) is 3. The number of benzene rings is 2. The molecule has 0 spiro atoms. The number of nitrogens with one attached hydrogen (secondary N) is 1. The first-order valence-electron chi connectivity index (χ1n) is 10.8. The molecular weight excluding hydrogens is 374 g/mol. The number of hydrogen-bond donors (Lipinski definition) is 1. The predicted molar refractivity (Wildman–Crippen MR) is 118 cm³/mol. The Hall–Kier alpha value is -3.08. The Morgan fingerprint density at radius 2 is 2.00 bits per heavy atom. The van der Waals surface area contributed by atoms with E-state index in [1.54, 1.807) is 0 Å². The van der Waals surface area contributed by atoms with E-state index in [-0.39, 0.29) is 12.0 Å². The normalized spacial score (nSPS) is 14.4. The standard InChI is InChI=1S/C25H29N3O2/c1-4-8-23-22(16-26-28(23)21-9-6-5-7-10-21)18(3)30-24-15-19(12-11-17(24)2)25(29)27-20-13-14-20/h5-7,9-12,15-16,18,20H,4,8,13-14H2,1-3H3,(H,27,29). The highest BCUT2D eigenvalue weighted by atomic mass is 16.5. The quantitative estimate of drug-likeness (QED) is 0.565. The molecule has 0 radical (unpaired) electrons. The van der Waals surface area contributed by atoms with E-state index in [4.69, 9.17) is 4.74 Å². The summed E-state index contributed by atoms with van der Waals surface area (Å²) < 4.78 is 8.35. The summed E-state index contributed by atoms with van der Waals surface area (Å²) in [6.45, 7) is 6.22. The second kappa shape index (κ2) is 8.74. The highest BCUT2D eigenvalue weighted by Gasteiger charge is 2.24. The number of amides is 1. The first-order chi connectivity index (χ1) is 14.6. The first kappa shape index (κ1) is 20.2. The average molecular weight is 404 g/mol. The third-order valence-electron chi connectivity index (χ3n) is 5.49. The number of rotatable bonds is 8. The summed E-state index contributed by atoms with van der Waals surface area (Å²) in [5.74, 6) is 0.708. The van der Waals surface area contributed by atoms with Crippen molar-refractivity contribution in [3.05, 3.63) is 77.1 Å². The fourth-order valence-corrected chi connectivity index (χ4v) is 3.62. The molecular formula is C25H29N3O2. The van der Waals surface area contributed by atoms with Crippen LogP contribution in [-0.4, -0.2) is 21.7 Å². The third kappa shape index (κ3) is 4.40. The summed E-state index contributed by atoms with van der Waals surface area (Å²) in [4.78, 5) is 12.4. The van der Waals surface area contributed by atoms with Gasteiger partial charge in [-0.3, -0.25) is 4.79 Å². The summed E-state index contributed by atoms with van der Waals surface area (Å²) in [5.41, 5.74) is 4.94. The minimum atomic E-state index is -0.176. The minimum absolute atomic E-state index is 0.0291. The number of ether oxygens (including phenoxy) is 1. The van der Waals surface area contributed by atoms with Gasteiger partial charge in [0.15, 0.2) is 0 Å². The van der Waals surface area contributed by atoms with Gasteiger partial charge in [0.05, 0.1) is 17.6 Å². The number of aryl methyl sites for hydroxylation is 1. The summed E-state index contributed by atoms with van der Waals surface area (Å²) in [7, 11) is 0. The van der Waals surface area contributed by atoms with Crippen molar-refractivity contribution in [2.24, 2.45) is 0 Å². The molecule has 1 aliphatic carbocycles. The van der Waals surface area contributed by atoms with E-state index < -0.39 is 0 Å². The van der Waals surface area contributed by atoms with Crippen molar-refractivity contribution in [1.29, 1.82) is 0 Å². The van der Waals surface area contributed by atoms with Gasteiger partial charge in [-0.05, 0) is 62.9 Å². The number of carbonyl (C=O) groups excluding carboxylic acids is 1. The Morgan fingerprint density at radius 1 is 1.23 bits per heavy atom. The van der Waals surface area contributed by atoms with Crippen LogP contribution in [0, 0.1) is 6.92 Å². The van der Waals surface area contributed by atoms with Crippen molar-refractivity contribution in [1.82, 2.24) is 15.1 Å². The fourth-order valence-electron chi connectivity index (χ4n) is 3.62. The molecule has 5 nitrogen and oxygen atoms in total. The second-order valence-electron chi connectivity index (χ2n) is 8.03. The van der Waals surface area contributed by atoms with Crippen LogP contribution >= 0.6 is 0 Å². The van der Waals surface area contributed by atoms with Crippen LogP contribution in [0.25, 0.3) is 5.69 Å². The topological polar surface area (TPSA) is 56.1 Å². The van der Waals surface area contributed by atoms with Crippen molar-refractivity contribution >= 4 is 5.91 Å². The molecule has 1 amide bonds. The maximum absolute atomic E-state index is 12.4. The molecule has 1 N–H and O–H groups in total. The SMILES string of the molecule is CCCc1c(C(C)Oc2cc(C(=O)NC3CC3)ccc2C)cnn1-c1ccccc1. The van der Waals surface area contributed by atoms with Gasteiger partial charge in [0.1, 0.15) is 11.9 Å². The zero-order chi connectivity index (χ0) is 21.1. The molecule has 1 saturated carbocycles. The van der Waals surface area contributed by atoms with Crippen molar-refractivity contribution < 1.29 is 9.53 Å². The third-order valence-corrected chi connectivity index (χ3v) is 5.49. The summed E-state index contributed by atoms with van der Waals surface area (Å²) in [6, 6.07) is 16.2. The Labute approximate surface area is 178 Å². The lowest BCUT2D eigenvalue weighted by atomic mass is 10.1. The molecule has 0 saturated heterocycles. The lowest BCUT2D eigenvalue weighted by molar-refractivity contribution is 0.0950. The molecule has 1 aromatic heterocycles. The number of nitrogens with zero attached hydrogens (tertiary/aromatic N) is 2. The van der Waals surface area contributed by atoms with Crippen LogP contribution < -0.4 is 10.1 Å². The van der Waals surface area contributed by atoms with Crippen LogP contribution in [0.3, 0.4) is 0 Å². The van der Waals surface area contributed by atoms with E-state index in [0.29, 0.717) is 11.6 Å². The Morgan fingerprint density at radius 3 is 2.70 bits per heavy atom. The van der Waals surface area contributed by atoms with Gasteiger partial charge >= 0.3 is 0 Å². The zero-order valence-electron chi connectivity index (χ0n) is 17.9. The smallest absolute Gasteiger partial charge is 0.251 e. The Bertz CT molecular complexity index is 1020. The van der Waals surface area contributed by atoms with E-state index in [1.165, 1.54) is 0 Å². The molecule has 4 rings (SSSR count). The summed E-state index contributed by atoms with van der Waals surface area (Å²) >= 11 is 0. The molecule has 5 heteroatoms. The average Bonchev–Trinajstić information content (AvgIpc) is 3.47. The molecule has 1 heterocycles. The molecule has 1 atom stereocenters. The molecule has 1 fully saturated rings. The number of para-hydroxylation sites is 1. The molecule has 0 bridgehead atoms. The molecule has 0 aliphatic heterocycles. The summed E-state index contributed by atoms with van der Waals surface area (Å²) in [6.07, 6.45) is 5.81. The van der Waals surface area contributed by atoms with Gasteiger partial charge in [0.2, 0.25) is 0 Å². The Balaban J connectivity index is 1.58. The van der Waals surface area contributed by atoms with Crippen LogP contribution in [0.15, 0.2) is 54.7 Å². The van der Waals surface area contributed by atoms with Crippen LogP contribution in [0.4, 0.5) is 0 Å². The highest BCUT2D eigenvalue weighted by molar-refractivity contribution is 5.95. The van der Waals surface area contributed by atoms with E-state index in [0.717, 1.165) is 53.9 Å². The van der Waals surface area contributed by atoms with Gasteiger partial charge in [-0.1, -0.05) is 37.6 Å². The second-order valence-corrected chi connectivity index (χ2v) is 8.03. The van der Waals surface area contributed by atoms with Gasteiger partial charge in [-0.15, -0.1) is 0 Å². The van der Waals surface area contributed by atoms with Crippen LogP contribution in [-0.2, 0) is 6.42 Å². The van der Waals surface area contributed by atoms with Gasteiger partial charge in [-0.2, -0.15) is 5.10 Å². The van der Waals surface area contributed by atoms with Gasteiger partial charge < -0.3 is 10.1 Å². The molecule has 156 valence electrons. The number of aromatic nitrogens is 2.